The number of urea groups is 1. The van der Waals surface area contributed by atoms with Crippen molar-refractivity contribution in [3.05, 3.63) is 29.8 Å². The zero-order valence-electron chi connectivity index (χ0n) is 16.0. The zero-order chi connectivity index (χ0) is 19.4. The fourth-order valence-electron chi connectivity index (χ4n) is 4.06. The lowest BCUT2D eigenvalue weighted by atomic mass is 9.90. The molecule has 148 valence electrons. The van der Waals surface area contributed by atoms with Crippen LogP contribution in [0.3, 0.4) is 0 Å². The summed E-state index contributed by atoms with van der Waals surface area (Å²) in [5.74, 6) is 6.26. The van der Waals surface area contributed by atoms with Crippen molar-refractivity contribution < 1.29 is 14.3 Å². The standard InChI is InChI=1S/C21H26N4O3/c26-19-6-12-25(20(27)23-19)18-5-1-3-17(15-18)4-2-11-24-13-14-28-21(16-24)7-9-22-10-8-21/h1,3,5,15,22H,6-14,16H2,(H,23,26,27). The molecular weight excluding hydrogens is 356 g/mol. The SMILES string of the molecule is O=C1CCN(c2cccc(C#CCN3CCOC4(CCNCC4)C3)c2)C(=O)N1. The summed E-state index contributed by atoms with van der Waals surface area (Å²) in [4.78, 5) is 27.3. The van der Waals surface area contributed by atoms with Crippen molar-refractivity contribution >= 4 is 17.6 Å². The van der Waals surface area contributed by atoms with E-state index < -0.39 is 0 Å². The van der Waals surface area contributed by atoms with Crippen LogP contribution in [0.1, 0.15) is 24.8 Å². The number of carbonyl (C=O) groups excluding carboxylic acids is 2. The fourth-order valence-corrected chi connectivity index (χ4v) is 4.06. The van der Waals surface area contributed by atoms with Gasteiger partial charge in [-0.05, 0) is 44.1 Å². The number of nitrogens with zero attached hydrogens (tertiary/aromatic N) is 2. The first-order chi connectivity index (χ1) is 13.6. The van der Waals surface area contributed by atoms with E-state index in [1.807, 2.05) is 24.3 Å². The van der Waals surface area contributed by atoms with Gasteiger partial charge in [0.15, 0.2) is 0 Å². The molecule has 1 aromatic rings. The van der Waals surface area contributed by atoms with Crippen LogP contribution in [0.4, 0.5) is 10.5 Å². The normalized spacial score (nSPS) is 22.5. The van der Waals surface area contributed by atoms with E-state index >= 15 is 0 Å². The average Bonchev–Trinajstić information content (AvgIpc) is 2.69. The third-order valence-corrected chi connectivity index (χ3v) is 5.59. The van der Waals surface area contributed by atoms with E-state index in [9.17, 15) is 9.59 Å². The summed E-state index contributed by atoms with van der Waals surface area (Å²) in [5, 5.41) is 5.75. The highest BCUT2D eigenvalue weighted by Crippen LogP contribution is 2.27. The Morgan fingerprint density at radius 3 is 2.86 bits per heavy atom. The Morgan fingerprint density at radius 2 is 2.04 bits per heavy atom. The summed E-state index contributed by atoms with van der Waals surface area (Å²) in [5.41, 5.74) is 1.62. The minimum Gasteiger partial charge on any atom is -0.372 e. The van der Waals surface area contributed by atoms with Crippen LogP contribution in [0.2, 0.25) is 0 Å². The van der Waals surface area contributed by atoms with E-state index in [2.05, 4.69) is 27.4 Å². The molecule has 0 aliphatic carbocycles. The van der Waals surface area contributed by atoms with Crippen LogP contribution in [0.15, 0.2) is 24.3 Å². The van der Waals surface area contributed by atoms with E-state index in [-0.39, 0.29) is 17.5 Å². The fraction of sp³-hybridized carbons (Fsp3) is 0.524. The first-order valence-corrected chi connectivity index (χ1v) is 9.91. The van der Waals surface area contributed by atoms with Gasteiger partial charge in [0.25, 0.3) is 0 Å². The van der Waals surface area contributed by atoms with Gasteiger partial charge in [-0.2, -0.15) is 0 Å². The van der Waals surface area contributed by atoms with Crippen molar-refractivity contribution in [1.82, 2.24) is 15.5 Å². The Balaban J connectivity index is 1.38. The average molecular weight is 382 g/mol. The lowest BCUT2D eigenvalue weighted by Crippen LogP contribution is -2.56. The molecule has 7 heteroatoms. The number of piperidine rings is 1. The van der Waals surface area contributed by atoms with Crippen molar-refractivity contribution in [1.29, 1.82) is 0 Å². The molecule has 1 aromatic carbocycles. The minimum absolute atomic E-state index is 0.00977. The molecule has 0 unspecified atom stereocenters. The summed E-state index contributed by atoms with van der Waals surface area (Å²) in [6.07, 6.45) is 2.43. The van der Waals surface area contributed by atoms with Crippen molar-refractivity contribution in [2.75, 3.05) is 50.8 Å². The number of anilines is 1. The second-order valence-electron chi connectivity index (χ2n) is 7.60. The number of carbonyl (C=O) groups is 2. The summed E-state index contributed by atoms with van der Waals surface area (Å²) >= 11 is 0. The lowest BCUT2D eigenvalue weighted by molar-refractivity contribution is -0.120. The van der Waals surface area contributed by atoms with Crippen LogP contribution in [0.5, 0.6) is 0 Å². The van der Waals surface area contributed by atoms with E-state index in [1.54, 1.807) is 4.90 Å². The van der Waals surface area contributed by atoms with Gasteiger partial charge < -0.3 is 10.1 Å². The van der Waals surface area contributed by atoms with Crippen LogP contribution < -0.4 is 15.5 Å². The van der Waals surface area contributed by atoms with Crippen LogP contribution in [-0.4, -0.2) is 68.3 Å². The van der Waals surface area contributed by atoms with Gasteiger partial charge in [-0.1, -0.05) is 17.9 Å². The highest BCUT2D eigenvalue weighted by molar-refractivity contribution is 6.05. The van der Waals surface area contributed by atoms with E-state index in [0.29, 0.717) is 19.5 Å². The van der Waals surface area contributed by atoms with Crippen molar-refractivity contribution in [3.8, 4) is 11.8 Å². The molecule has 3 fully saturated rings. The second-order valence-corrected chi connectivity index (χ2v) is 7.60. The Morgan fingerprint density at radius 1 is 1.18 bits per heavy atom. The van der Waals surface area contributed by atoms with Crippen molar-refractivity contribution in [2.45, 2.75) is 24.9 Å². The van der Waals surface area contributed by atoms with Crippen LogP contribution >= 0.6 is 0 Å². The van der Waals surface area contributed by atoms with Gasteiger partial charge >= 0.3 is 6.03 Å². The number of ether oxygens (including phenoxy) is 1. The summed E-state index contributed by atoms with van der Waals surface area (Å²) in [7, 11) is 0. The van der Waals surface area contributed by atoms with E-state index in [1.165, 1.54) is 0 Å². The minimum atomic E-state index is -0.373. The Kier molecular flexibility index (Phi) is 5.62. The third kappa shape index (κ3) is 4.36. The maximum absolute atomic E-state index is 12.0. The highest BCUT2D eigenvalue weighted by Gasteiger charge is 2.37. The predicted molar refractivity (Wildman–Crippen MR) is 106 cm³/mol. The molecule has 0 saturated carbocycles. The second kappa shape index (κ2) is 8.31. The molecule has 3 aliphatic rings. The summed E-state index contributed by atoms with van der Waals surface area (Å²) in [6, 6.07) is 7.22. The zero-order valence-corrected chi connectivity index (χ0v) is 16.0. The third-order valence-electron chi connectivity index (χ3n) is 5.59. The predicted octanol–water partition coefficient (Wildman–Crippen LogP) is 0.939. The number of hydrogen-bond acceptors (Lipinski definition) is 5. The monoisotopic (exact) mass is 382 g/mol. The Labute approximate surface area is 165 Å². The molecule has 2 N–H and O–H groups in total. The van der Waals surface area contributed by atoms with E-state index in [0.717, 1.165) is 56.9 Å². The number of morpholine rings is 1. The molecule has 0 radical (unpaired) electrons. The molecule has 3 amide bonds. The maximum atomic E-state index is 12.0. The van der Waals surface area contributed by atoms with Gasteiger partial charge in [0.1, 0.15) is 0 Å². The largest absolute Gasteiger partial charge is 0.372 e. The van der Waals surface area contributed by atoms with Gasteiger partial charge in [-0.15, -0.1) is 0 Å². The smallest absolute Gasteiger partial charge is 0.328 e. The molecule has 3 aliphatic heterocycles. The van der Waals surface area contributed by atoms with Crippen LogP contribution in [0, 0.1) is 11.8 Å². The van der Waals surface area contributed by atoms with E-state index in [4.69, 9.17) is 4.74 Å². The molecule has 7 nitrogen and oxygen atoms in total. The molecule has 3 heterocycles. The van der Waals surface area contributed by atoms with Gasteiger partial charge in [0.2, 0.25) is 5.91 Å². The van der Waals surface area contributed by atoms with Crippen molar-refractivity contribution in [3.63, 3.8) is 0 Å². The number of rotatable bonds is 2. The molecule has 4 rings (SSSR count). The van der Waals surface area contributed by atoms with Gasteiger partial charge in [-0.3, -0.25) is 19.9 Å². The highest BCUT2D eigenvalue weighted by atomic mass is 16.5. The number of amides is 3. The lowest BCUT2D eigenvalue weighted by Gasteiger charge is -2.44. The Hall–Kier alpha value is -2.40. The van der Waals surface area contributed by atoms with Gasteiger partial charge in [0.05, 0.1) is 18.8 Å². The molecule has 1 spiro atoms. The van der Waals surface area contributed by atoms with Crippen molar-refractivity contribution in [2.24, 2.45) is 0 Å². The number of benzene rings is 1. The molecule has 0 bridgehead atoms. The molecule has 28 heavy (non-hydrogen) atoms. The number of nitrogens with one attached hydrogen (secondary N) is 2. The molecule has 0 aromatic heterocycles. The quantitative estimate of drug-likeness (QED) is 0.745. The number of hydrogen-bond donors (Lipinski definition) is 2. The first kappa shape index (κ1) is 18.9. The number of imide groups is 1. The topological polar surface area (TPSA) is 73.9 Å². The summed E-state index contributed by atoms with van der Waals surface area (Å²) < 4.78 is 6.10. The molecular formula is C21H26N4O3. The molecule has 0 atom stereocenters. The van der Waals surface area contributed by atoms with Gasteiger partial charge in [-0.25, -0.2) is 4.79 Å². The molecule has 3 saturated heterocycles. The van der Waals surface area contributed by atoms with Crippen LogP contribution in [0.25, 0.3) is 0 Å². The first-order valence-electron chi connectivity index (χ1n) is 9.91. The van der Waals surface area contributed by atoms with Gasteiger partial charge in [0, 0.05) is 37.3 Å². The Bertz CT molecular complexity index is 802. The van der Waals surface area contributed by atoms with Crippen LogP contribution in [-0.2, 0) is 9.53 Å². The maximum Gasteiger partial charge on any atom is 0.328 e. The summed E-state index contributed by atoms with van der Waals surface area (Å²) in [6.45, 7) is 5.74.